The Morgan fingerprint density at radius 3 is 2.26 bits per heavy atom. The molecule has 3 aromatic carbocycles. The lowest BCUT2D eigenvalue weighted by Crippen LogP contribution is -2.29. The van der Waals surface area contributed by atoms with Gasteiger partial charge in [0.15, 0.2) is 0 Å². The Bertz CT molecular complexity index is 1420. The summed E-state index contributed by atoms with van der Waals surface area (Å²) in [6, 6.07) is 17.9. The molecule has 1 saturated heterocycles. The maximum atomic E-state index is 13.4. The predicted molar refractivity (Wildman–Crippen MR) is 150 cm³/mol. The summed E-state index contributed by atoms with van der Waals surface area (Å²) in [5.41, 5.74) is 2.80. The number of methoxy groups -OCH3 is 1. The van der Waals surface area contributed by atoms with Crippen LogP contribution in [-0.4, -0.2) is 36.4 Å². The highest BCUT2D eigenvalue weighted by atomic mass is 16.5. The predicted octanol–water partition coefficient (Wildman–Crippen LogP) is 5.62. The first-order chi connectivity index (χ1) is 18.6. The third kappa shape index (κ3) is 5.80. The molecule has 2 amide bonds. The number of rotatable bonds is 8. The number of aliphatic hydroxyl groups is 1. The third-order valence-electron chi connectivity index (χ3n) is 6.36. The lowest BCUT2D eigenvalue weighted by molar-refractivity contribution is -0.132. The monoisotopic (exact) mass is 528 g/mol. The highest BCUT2D eigenvalue weighted by Gasteiger charge is 2.47. The highest BCUT2D eigenvalue weighted by Crippen LogP contribution is 2.43. The number of hydrogen-bond acceptors (Lipinski definition) is 6. The highest BCUT2D eigenvalue weighted by molar-refractivity contribution is 6.51. The lowest BCUT2D eigenvalue weighted by atomic mass is 9.94. The molecule has 1 aliphatic rings. The molecule has 39 heavy (non-hydrogen) atoms. The van der Waals surface area contributed by atoms with Crippen LogP contribution in [0.25, 0.3) is 5.76 Å². The van der Waals surface area contributed by atoms with Gasteiger partial charge in [0.05, 0.1) is 25.3 Å². The molecule has 4 rings (SSSR count). The van der Waals surface area contributed by atoms with E-state index in [1.165, 1.54) is 11.8 Å². The molecule has 0 aromatic heterocycles. The van der Waals surface area contributed by atoms with E-state index in [-0.39, 0.29) is 17.2 Å². The molecule has 0 saturated carbocycles. The van der Waals surface area contributed by atoms with E-state index in [0.717, 1.165) is 5.56 Å². The van der Waals surface area contributed by atoms with Crippen molar-refractivity contribution >= 4 is 34.7 Å². The molecule has 0 bridgehead atoms. The number of carbonyl (C=O) groups excluding carboxylic acids is 3. The van der Waals surface area contributed by atoms with Crippen molar-refractivity contribution in [3.63, 3.8) is 0 Å². The molecule has 3 aromatic rings. The van der Waals surface area contributed by atoms with E-state index in [1.54, 1.807) is 73.8 Å². The van der Waals surface area contributed by atoms with Gasteiger partial charge < -0.3 is 19.9 Å². The first-order valence-electron chi connectivity index (χ1n) is 12.7. The number of aliphatic hydroxyl groups excluding tert-OH is 1. The Balaban J connectivity index is 1.82. The van der Waals surface area contributed by atoms with E-state index in [1.807, 2.05) is 6.92 Å². The number of ether oxygens (including phenoxy) is 2. The largest absolute Gasteiger partial charge is 0.507 e. The minimum absolute atomic E-state index is 0.0219. The minimum atomic E-state index is -0.889. The number of benzene rings is 3. The SMILES string of the molecule is COc1ccc(C2/C(=C(/O)c3ccc(OCC(C)C)c(C)c3)C(=O)C(=O)N2c2ccc(NC(C)=O)cc2)cc1. The average Bonchev–Trinajstić information content (AvgIpc) is 3.17. The quantitative estimate of drug-likeness (QED) is 0.223. The van der Waals surface area contributed by atoms with Gasteiger partial charge in [0.25, 0.3) is 11.7 Å². The van der Waals surface area contributed by atoms with Gasteiger partial charge in [0.2, 0.25) is 5.91 Å². The molecule has 1 unspecified atom stereocenters. The zero-order valence-corrected chi connectivity index (χ0v) is 22.6. The zero-order chi connectivity index (χ0) is 28.3. The smallest absolute Gasteiger partial charge is 0.300 e. The molecule has 8 nitrogen and oxygen atoms in total. The Morgan fingerprint density at radius 2 is 1.69 bits per heavy atom. The molecule has 1 aliphatic heterocycles. The molecule has 0 radical (unpaired) electrons. The summed E-state index contributed by atoms with van der Waals surface area (Å²) in [5.74, 6) is -0.405. The number of nitrogens with one attached hydrogen (secondary N) is 1. The van der Waals surface area contributed by atoms with E-state index >= 15 is 0 Å². The standard InChI is InChI=1S/C31H32N2O6/c1-18(2)17-39-26-15-8-22(16-19(26)3)29(35)27-28(21-6-13-25(38-5)14-7-21)33(31(37)30(27)36)24-11-9-23(10-12-24)32-20(4)34/h6-16,18,28,35H,17H2,1-5H3,(H,32,34)/b29-27-. The van der Waals surface area contributed by atoms with Crippen LogP contribution < -0.4 is 19.7 Å². The van der Waals surface area contributed by atoms with Crippen LogP contribution >= 0.6 is 0 Å². The van der Waals surface area contributed by atoms with Gasteiger partial charge in [-0.3, -0.25) is 19.3 Å². The van der Waals surface area contributed by atoms with Crippen LogP contribution in [-0.2, 0) is 14.4 Å². The maximum absolute atomic E-state index is 13.4. The van der Waals surface area contributed by atoms with E-state index in [4.69, 9.17) is 9.47 Å². The van der Waals surface area contributed by atoms with Crippen molar-refractivity contribution in [2.24, 2.45) is 5.92 Å². The summed E-state index contributed by atoms with van der Waals surface area (Å²) < 4.78 is 11.1. The van der Waals surface area contributed by atoms with Crippen molar-refractivity contribution in [2.45, 2.75) is 33.7 Å². The van der Waals surface area contributed by atoms with Gasteiger partial charge in [-0.2, -0.15) is 0 Å². The van der Waals surface area contributed by atoms with Crippen molar-refractivity contribution in [2.75, 3.05) is 23.9 Å². The number of anilines is 2. The average molecular weight is 529 g/mol. The first-order valence-corrected chi connectivity index (χ1v) is 12.7. The molecular weight excluding hydrogens is 496 g/mol. The van der Waals surface area contributed by atoms with Gasteiger partial charge in [-0.15, -0.1) is 0 Å². The van der Waals surface area contributed by atoms with E-state index in [9.17, 15) is 19.5 Å². The molecule has 8 heteroatoms. The number of nitrogens with zero attached hydrogens (tertiary/aromatic N) is 1. The van der Waals surface area contributed by atoms with Gasteiger partial charge in [-0.05, 0) is 78.6 Å². The van der Waals surface area contributed by atoms with Crippen molar-refractivity contribution in [3.05, 3.63) is 89.0 Å². The number of carbonyl (C=O) groups is 3. The molecule has 2 N–H and O–H groups in total. The summed E-state index contributed by atoms with van der Waals surface area (Å²) in [6.45, 7) is 7.93. The van der Waals surface area contributed by atoms with Crippen molar-refractivity contribution < 1.29 is 29.0 Å². The molecule has 0 spiro atoms. The van der Waals surface area contributed by atoms with E-state index in [0.29, 0.717) is 46.5 Å². The summed E-state index contributed by atoms with van der Waals surface area (Å²) in [7, 11) is 1.55. The van der Waals surface area contributed by atoms with Gasteiger partial charge >= 0.3 is 0 Å². The number of hydrogen-bond donors (Lipinski definition) is 2. The van der Waals surface area contributed by atoms with Crippen molar-refractivity contribution in [1.82, 2.24) is 0 Å². The Morgan fingerprint density at radius 1 is 1.03 bits per heavy atom. The summed E-state index contributed by atoms with van der Waals surface area (Å²) in [5, 5.41) is 14.1. The second-order valence-electron chi connectivity index (χ2n) is 9.86. The summed E-state index contributed by atoms with van der Waals surface area (Å²) in [6.07, 6.45) is 0. The molecule has 1 heterocycles. The molecule has 1 fully saturated rings. The Kier molecular flexibility index (Phi) is 8.04. The molecule has 1 atom stereocenters. The second kappa shape index (κ2) is 11.4. The van der Waals surface area contributed by atoms with E-state index in [2.05, 4.69) is 19.2 Å². The van der Waals surface area contributed by atoms with Crippen LogP contribution in [0.5, 0.6) is 11.5 Å². The van der Waals surface area contributed by atoms with Crippen LogP contribution in [0.3, 0.4) is 0 Å². The second-order valence-corrected chi connectivity index (χ2v) is 9.86. The fraction of sp³-hybridized carbons (Fsp3) is 0.258. The zero-order valence-electron chi connectivity index (χ0n) is 22.6. The molecule has 202 valence electrons. The van der Waals surface area contributed by atoms with E-state index < -0.39 is 17.7 Å². The van der Waals surface area contributed by atoms with Crippen LogP contribution in [0.15, 0.2) is 72.3 Å². The Labute approximate surface area is 227 Å². The summed E-state index contributed by atoms with van der Waals surface area (Å²) in [4.78, 5) is 39.6. The number of amides is 2. The van der Waals surface area contributed by atoms with Crippen LogP contribution in [0.1, 0.15) is 43.5 Å². The van der Waals surface area contributed by atoms with Crippen molar-refractivity contribution in [3.8, 4) is 11.5 Å². The molecule has 0 aliphatic carbocycles. The lowest BCUT2D eigenvalue weighted by Gasteiger charge is -2.26. The first kappa shape index (κ1) is 27.4. The van der Waals surface area contributed by atoms with Gasteiger partial charge in [-0.1, -0.05) is 26.0 Å². The van der Waals surface area contributed by atoms with Gasteiger partial charge in [0.1, 0.15) is 17.3 Å². The van der Waals surface area contributed by atoms with Crippen molar-refractivity contribution in [1.29, 1.82) is 0 Å². The third-order valence-corrected chi connectivity index (χ3v) is 6.36. The van der Waals surface area contributed by atoms with Gasteiger partial charge in [0, 0.05) is 23.9 Å². The Hall–Kier alpha value is -4.59. The number of aryl methyl sites for hydroxylation is 1. The number of ketones is 1. The maximum Gasteiger partial charge on any atom is 0.300 e. The fourth-order valence-corrected chi connectivity index (χ4v) is 4.48. The van der Waals surface area contributed by atoms with Crippen LogP contribution in [0.2, 0.25) is 0 Å². The normalized spacial score (nSPS) is 16.5. The minimum Gasteiger partial charge on any atom is -0.507 e. The van der Waals surface area contributed by atoms with Crippen LogP contribution in [0, 0.1) is 12.8 Å². The summed E-state index contributed by atoms with van der Waals surface area (Å²) >= 11 is 0. The van der Waals surface area contributed by atoms with Crippen LogP contribution in [0.4, 0.5) is 11.4 Å². The van der Waals surface area contributed by atoms with Gasteiger partial charge in [-0.25, -0.2) is 0 Å². The topological polar surface area (TPSA) is 105 Å². The fourth-order valence-electron chi connectivity index (χ4n) is 4.48. The molecular formula is C31H32N2O6. The number of Topliss-reactive ketones (excluding diaryl/α,β-unsaturated/α-hetero) is 1.